The third-order valence-electron chi connectivity index (χ3n) is 12.2. The van der Waals surface area contributed by atoms with Crippen molar-refractivity contribution in [2.45, 2.75) is 64.7 Å². The van der Waals surface area contributed by atoms with Crippen LogP contribution in [0.4, 0.5) is 17.1 Å². The summed E-state index contributed by atoms with van der Waals surface area (Å²) in [5.74, 6) is 0.898. The van der Waals surface area contributed by atoms with E-state index in [2.05, 4.69) is 216 Å². The predicted molar refractivity (Wildman–Crippen MR) is 237 cm³/mol. The maximum absolute atomic E-state index is 5.02. The number of pyridine rings is 1. The second-order valence-electron chi connectivity index (χ2n) is 18.0. The smallest absolute Gasteiger partial charge is 0.135 e. The molecule has 0 unspecified atom stereocenters. The van der Waals surface area contributed by atoms with Crippen LogP contribution in [-0.4, -0.2) is 16.6 Å². The zero-order valence-electron chi connectivity index (χ0n) is 34.4. The summed E-state index contributed by atoms with van der Waals surface area (Å²) in [6.07, 6.45) is 1.95. The summed E-state index contributed by atoms with van der Waals surface area (Å²) < 4.78 is 2.32. The van der Waals surface area contributed by atoms with Crippen LogP contribution in [0.15, 0.2) is 134 Å². The summed E-state index contributed by atoms with van der Waals surface area (Å²) in [6, 6.07) is 55.3. The van der Waals surface area contributed by atoms with E-state index in [1.807, 2.05) is 6.20 Å². The monoisotopic (exact) mass is 934 g/mol. The topological polar surface area (TPSA) is 24.3 Å². The van der Waals surface area contributed by atoms with Gasteiger partial charge in [0, 0.05) is 49.6 Å². The Bertz CT molecular complexity index is 2860. The van der Waals surface area contributed by atoms with Crippen molar-refractivity contribution in [3.8, 4) is 16.9 Å². The van der Waals surface area contributed by atoms with Crippen molar-refractivity contribution in [2.75, 3.05) is 16.8 Å². The molecule has 0 bridgehead atoms. The minimum Gasteiger partial charge on any atom is -0.504 e. The molecule has 2 aliphatic rings. The molecule has 10 rings (SSSR count). The maximum atomic E-state index is 5.02. The molecular weight excluding hydrogens is 888 g/mol. The molecule has 0 spiro atoms. The SMILES string of the molecule is Cc1ccc2c(c1)N(C)[CH-]N2c1[c-]c(C2(c3[c-]c4c(cc3)c3ccccc3n4-c3cc(C(C)(C)C)ccn3)c3ccccc3-c3ccccc32)cc(C(C)(C)C)c1.[Pt]. The third kappa shape index (κ3) is 5.70. The Hall–Kier alpha value is -5.44. The van der Waals surface area contributed by atoms with E-state index in [0.717, 1.165) is 44.7 Å². The van der Waals surface area contributed by atoms with E-state index < -0.39 is 5.41 Å². The van der Waals surface area contributed by atoms with Crippen molar-refractivity contribution in [3.63, 3.8) is 0 Å². The zero-order valence-corrected chi connectivity index (χ0v) is 36.7. The van der Waals surface area contributed by atoms with Crippen molar-refractivity contribution >= 4 is 38.9 Å². The fourth-order valence-electron chi connectivity index (χ4n) is 9.25. The van der Waals surface area contributed by atoms with Crippen LogP contribution in [0.1, 0.15) is 80.5 Å². The first kappa shape index (κ1) is 38.1. The van der Waals surface area contributed by atoms with Gasteiger partial charge in [-0.2, -0.15) is 42.6 Å². The number of anilines is 3. The van der Waals surface area contributed by atoms with E-state index in [4.69, 9.17) is 4.98 Å². The van der Waals surface area contributed by atoms with Gasteiger partial charge in [0.2, 0.25) is 0 Å². The van der Waals surface area contributed by atoms with E-state index in [9.17, 15) is 0 Å². The Morgan fingerprint density at radius 2 is 1.29 bits per heavy atom. The minimum absolute atomic E-state index is 0. The molecule has 0 fully saturated rings. The average Bonchev–Trinajstić information content (AvgIpc) is 3.82. The van der Waals surface area contributed by atoms with Gasteiger partial charge in [-0.1, -0.05) is 120 Å². The second kappa shape index (κ2) is 13.6. The Labute approximate surface area is 357 Å². The van der Waals surface area contributed by atoms with Crippen LogP contribution in [0.25, 0.3) is 38.8 Å². The second-order valence-corrected chi connectivity index (χ2v) is 18.0. The normalized spacial score (nSPS) is 14.4. The van der Waals surface area contributed by atoms with E-state index in [0.29, 0.717) is 0 Å². The van der Waals surface area contributed by atoms with E-state index in [1.165, 1.54) is 50.0 Å². The molecule has 0 saturated heterocycles. The predicted octanol–water partition coefficient (Wildman–Crippen LogP) is 12.8. The van der Waals surface area contributed by atoms with Gasteiger partial charge in [0.05, 0.1) is 0 Å². The van der Waals surface area contributed by atoms with E-state index >= 15 is 0 Å². The molecule has 3 heterocycles. The Morgan fingerprint density at radius 1 is 0.621 bits per heavy atom. The average molecular weight is 935 g/mol. The van der Waals surface area contributed by atoms with Crippen LogP contribution in [0.5, 0.6) is 0 Å². The van der Waals surface area contributed by atoms with Crippen molar-refractivity contribution in [1.82, 2.24) is 9.55 Å². The third-order valence-corrected chi connectivity index (χ3v) is 12.2. The first-order valence-electron chi connectivity index (χ1n) is 20.0. The van der Waals surface area contributed by atoms with Crippen LogP contribution in [-0.2, 0) is 37.3 Å². The number of fused-ring (bicyclic) bond motifs is 7. The molecule has 4 nitrogen and oxygen atoms in total. The van der Waals surface area contributed by atoms with Gasteiger partial charge in [-0.15, -0.1) is 28.3 Å². The van der Waals surface area contributed by atoms with Crippen molar-refractivity contribution in [2.24, 2.45) is 0 Å². The molecule has 1 aliphatic heterocycles. The van der Waals surface area contributed by atoms with Gasteiger partial charge in [0.15, 0.2) is 0 Å². The molecule has 8 aromatic rings. The number of aryl methyl sites for hydroxylation is 1. The summed E-state index contributed by atoms with van der Waals surface area (Å²) in [5, 5.41) is 2.34. The molecule has 5 heteroatoms. The molecule has 0 saturated carbocycles. The van der Waals surface area contributed by atoms with Crippen LogP contribution in [0, 0.1) is 25.7 Å². The molecule has 0 amide bonds. The Kier molecular flexibility index (Phi) is 8.91. The Balaban J connectivity index is 0.00000436. The van der Waals surface area contributed by atoms with E-state index in [-0.39, 0.29) is 31.9 Å². The summed E-state index contributed by atoms with van der Waals surface area (Å²) >= 11 is 0. The van der Waals surface area contributed by atoms with Crippen LogP contribution in [0.3, 0.4) is 0 Å². The minimum atomic E-state index is -0.721. The van der Waals surface area contributed by atoms with Crippen LogP contribution < -0.4 is 9.80 Å². The number of para-hydroxylation sites is 1. The Morgan fingerprint density at radius 3 is 2.00 bits per heavy atom. The van der Waals surface area contributed by atoms with Gasteiger partial charge in [-0.05, 0) is 93.9 Å². The number of benzene rings is 6. The van der Waals surface area contributed by atoms with Crippen molar-refractivity contribution in [3.05, 3.63) is 191 Å². The van der Waals surface area contributed by atoms with Gasteiger partial charge in [-0.25, -0.2) is 4.98 Å². The molecular formula is C53H47N4Pt-3. The molecule has 0 radical (unpaired) electrons. The molecule has 0 N–H and O–H groups in total. The summed E-state index contributed by atoms with van der Waals surface area (Å²) in [7, 11) is 2.13. The fourth-order valence-corrected chi connectivity index (χ4v) is 9.25. The summed E-state index contributed by atoms with van der Waals surface area (Å²) in [5.41, 5.74) is 15.5. The largest absolute Gasteiger partial charge is 0.504 e. The van der Waals surface area contributed by atoms with Gasteiger partial charge in [0.1, 0.15) is 5.82 Å². The van der Waals surface area contributed by atoms with E-state index in [1.54, 1.807) is 0 Å². The molecule has 0 atom stereocenters. The van der Waals surface area contributed by atoms with Crippen LogP contribution in [0.2, 0.25) is 0 Å². The van der Waals surface area contributed by atoms with Crippen molar-refractivity contribution in [1.29, 1.82) is 0 Å². The summed E-state index contributed by atoms with van der Waals surface area (Å²) in [4.78, 5) is 9.55. The van der Waals surface area contributed by atoms with Gasteiger partial charge in [0.25, 0.3) is 0 Å². The van der Waals surface area contributed by atoms with Gasteiger partial charge in [-0.3, -0.25) is 0 Å². The maximum Gasteiger partial charge on any atom is 0.135 e. The number of hydrogen-bond acceptors (Lipinski definition) is 3. The van der Waals surface area contributed by atoms with Gasteiger partial charge < -0.3 is 14.4 Å². The zero-order chi connectivity index (χ0) is 39.4. The fraction of sp³-hybridized carbons (Fsp3) is 0.208. The number of rotatable bonds is 4. The number of hydrogen-bond donors (Lipinski definition) is 0. The molecule has 292 valence electrons. The molecule has 1 aliphatic carbocycles. The molecule has 2 aromatic heterocycles. The number of nitrogens with zero attached hydrogens (tertiary/aromatic N) is 4. The first-order chi connectivity index (χ1) is 27.3. The molecule has 58 heavy (non-hydrogen) atoms. The first-order valence-corrected chi connectivity index (χ1v) is 20.0. The molecule has 6 aromatic carbocycles. The standard InChI is InChI=1S/C53H47N4.Pt/c1-34-21-24-47-49(27-34)55(8)33-56(47)39-29-37(52(5,6)7)28-38(30-39)53(44-18-12-9-15-40(44)41-16-10-13-19-45(41)53)36-22-23-43-42-17-11-14-20-46(42)57(48(43)31-36)50-32-35(25-26-54-50)51(2,3)4;/h9-29,32-33H,1-8H3;/q-3;. The summed E-state index contributed by atoms with van der Waals surface area (Å²) in [6.45, 7) is 18.1. The van der Waals surface area contributed by atoms with Gasteiger partial charge >= 0.3 is 0 Å². The van der Waals surface area contributed by atoms with Crippen molar-refractivity contribution < 1.29 is 21.1 Å². The van der Waals surface area contributed by atoms with Crippen LogP contribution >= 0.6 is 0 Å². The number of aromatic nitrogens is 2. The quantitative estimate of drug-likeness (QED) is 0.164.